The summed E-state index contributed by atoms with van der Waals surface area (Å²) in [5, 5.41) is 4.45. The molecule has 1 aromatic heterocycles. The van der Waals surface area contributed by atoms with Gasteiger partial charge in [0.25, 0.3) is 5.91 Å². The van der Waals surface area contributed by atoms with Crippen molar-refractivity contribution in [2.24, 2.45) is 7.05 Å². The first-order chi connectivity index (χ1) is 13.9. The van der Waals surface area contributed by atoms with Gasteiger partial charge in [0.05, 0.1) is 6.61 Å². The van der Waals surface area contributed by atoms with Crippen molar-refractivity contribution in [3.05, 3.63) is 40.6 Å². The van der Waals surface area contributed by atoms with Gasteiger partial charge in [-0.05, 0) is 57.9 Å². The van der Waals surface area contributed by atoms with Gasteiger partial charge in [0.1, 0.15) is 17.3 Å². The fraction of sp³-hybridized carbons (Fsp3) is 0.571. The molecule has 0 saturated carbocycles. The molecule has 1 aliphatic rings. The summed E-state index contributed by atoms with van der Waals surface area (Å²) in [5.41, 5.74) is -0.114. The predicted octanol–water partition coefficient (Wildman–Crippen LogP) is 2.35. The van der Waals surface area contributed by atoms with Gasteiger partial charge in [0.2, 0.25) is 0 Å². The minimum atomic E-state index is -0.114. The van der Waals surface area contributed by atoms with Crippen molar-refractivity contribution in [3.63, 3.8) is 0 Å². The van der Waals surface area contributed by atoms with Crippen LogP contribution in [0, 0.1) is 0 Å². The van der Waals surface area contributed by atoms with Crippen molar-refractivity contribution in [1.29, 1.82) is 0 Å². The van der Waals surface area contributed by atoms with Crippen LogP contribution in [0.1, 0.15) is 51.4 Å². The number of aryl methyl sites for hydroxylation is 1. The highest BCUT2D eigenvalue weighted by Crippen LogP contribution is 2.26. The third kappa shape index (κ3) is 4.81. The highest BCUT2D eigenvalue weighted by atomic mass is 16.5. The van der Waals surface area contributed by atoms with Crippen LogP contribution in [0.3, 0.4) is 0 Å². The Labute approximate surface area is 171 Å². The van der Waals surface area contributed by atoms with Crippen molar-refractivity contribution in [2.45, 2.75) is 45.6 Å². The number of hydrogen-bond donors (Lipinski definition) is 0. The van der Waals surface area contributed by atoms with Gasteiger partial charge in [-0.15, -0.1) is 0 Å². The van der Waals surface area contributed by atoms with E-state index in [-0.39, 0.29) is 30.2 Å². The van der Waals surface area contributed by atoms with Crippen molar-refractivity contribution < 1.29 is 14.3 Å². The summed E-state index contributed by atoms with van der Waals surface area (Å²) >= 11 is 0. The summed E-state index contributed by atoms with van der Waals surface area (Å²) in [6.07, 6.45) is 1.79. The van der Waals surface area contributed by atoms with Crippen molar-refractivity contribution in [1.82, 2.24) is 19.2 Å². The van der Waals surface area contributed by atoms with E-state index < -0.39 is 0 Å². The van der Waals surface area contributed by atoms with Crippen LogP contribution in [0.4, 0.5) is 0 Å². The van der Waals surface area contributed by atoms with E-state index in [1.807, 2.05) is 37.8 Å². The lowest BCUT2D eigenvalue weighted by Crippen LogP contribution is -2.42. The second-order valence-corrected chi connectivity index (χ2v) is 7.60. The molecule has 0 spiro atoms. The van der Waals surface area contributed by atoms with Crippen LogP contribution in [0.25, 0.3) is 0 Å². The van der Waals surface area contributed by atoms with Gasteiger partial charge in [-0.25, -0.2) is 9.48 Å². The molecule has 1 atom stereocenters. The fourth-order valence-corrected chi connectivity index (χ4v) is 3.71. The van der Waals surface area contributed by atoms with E-state index in [2.05, 4.69) is 5.10 Å². The smallest absolute Gasteiger partial charge is 0.345 e. The first-order valence-corrected chi connectivity index (χ1v) is 10.2. The first kappa shape index (κ1) is 21.0. The Kier molecular flexibility index (Phi) is 6.61. The van der Waals surface area contributed by atoms with Gasteiger partial charge in [0, 0.05) is 32.1 Å². The van der Waals surface area contributed by atoms with Crippen LogP contribution in [0.2, 0.25) is 0 Å². The number of piperidine rings is 1. The van der Waals surface area contributed by atoms with Crippen LogP contribution in [0.5, 0.6) is 11.5 Å². The molecule has 158 valence electrons. The molecule has 1 fully saturated rings. The van der Waals surface area contributed by atoms with Gasteiger partial charge >= 0.3 is 5.69 Å². The Bertz CT molecular complexity index is 885. The van der Waals surface area contributed by atoms with Crippen molar-refractivity contribution >= 4 is 5.91 Å². The molecule has 2 heterocycles. The summed E-state index contributed by atoms with van der Waals surface area (Å²) < 4.78 is 14.2. The number of likely N-dealkylation sites (tertiary alicyclic amines) is 1. The monoisotopic (exact) mass is 402 g/mol. The van der Waals surface area contributed by atoms with Gasteiger partial charge < -0.3 is 14.4 Å². The first-order valence-electron chi connectivity index (χ1n) is 10.2. The van der Waals surface area contributed by atoms with Gasteiger partial charge in [0.15, 0.2) is 6.61 Å². The lowest BCUT2D eigenvalue weighted by molar-refractivity contribution is -0.134. The maximum atomic E-state index is 12.7. The van der Waals surface area contributed by atoms with Crippen LogP contribution in [0.15, 0.2) is 29.1 Å². The average molecular weight is 402 g/mol. The molecule has 1 aromatic carbocycles. The van der Waals surface area contributed by atoms with E-state index in [1.54, 1.807) is 23.7 Å². The molecule has 29 heavy (non-hydrogen) atoms. The fourth-order valence-electron chi connectivity index (χ4n) is 3.71. The van der Waals surface area contributed by atoms with E-state index in [9.17, 15) is 9.59 Å². The molecule has 0 aliphatic carbocycles. The van der Waals surface area contributed by atoms with E-state index in [0.717, 1.165) is 24.4 Å². The molecule has 0 bridgehead atoms. The molecule has 3 rings (SSSR count). The molecule has 1 aliphatic heterocycles. The molecule has 1 amide bonds. The molecule has 0 radical (unpaired) electrons. The SMILES string of the molecule is CCOc1ccc(OCC(=O)N2CCCC(c3nn(C)c(=O)n3C(C)C)C2)cc1. The highest BCUT2D eigenvalue weighted by molar-refractivity contribution is 5.78. The minimum absolute atomic E-state index is 0.0140. The lowest BCUT2D eigenvalue weighted by Gasteiger charge is -2.32. The van der Waals surface area contributed by atoms with Gasteiger partial charge in [-0.3, -0.25) is 9.36 Å². The number of hydrogen-bond acceptors (Lipinski definition) is 5. The molecular weight excluding hydrogens is 372 g/mol. The van der Waals surface area contributed by atoms with Crippen molar-refractivity contribution in [3.8, 4) is 11.5 Å². The summed E-state index contributed by atoms with van der Waals surface area (Å²) in [4.78, 5) is 26.9. The summed E-state index contributed by atoms with van der Waals surface area (Å²) in [6.45, 7) is 7.72. The number of amides is 1. The number of benzene rings is 1. The summed E-state index contributed by atoms with van der Waals surface area (Å²) in [6, 6.07) is 7.28. The zero-order valence-corrected chi connectivity index (χ0v) is 17.6. The van der Waals surface area contributed by atoms with Crippen molar-refractivity contribution in [2.75, 3.05) is 26.3 Å². The zero-order chi connectivity index (χ0) is 21.0. The van der Waals surface area contributed by atoms with Gasteiger partial charge in [-0.2, -0.15) is 5.10 Å². The lowest BCUT2D eigenvalue weighted by atomic mass is 9.97. The largest absolute Gasteiger partial charge is 0.494 e. The topological polar surface area (TPSA) is 78.6 Å². The Morgan fingerprint density at radius 1 is 1.21 bits per heavy atom. The van der Waals surface area contributed by atoms with E-state index in [1.165, 1.54) is 4.68 Å². The second-order valence-electron chi connectivity index (χ2n) is 7.60. The van der Waals surface area contributed by atoms with Crippen LogP contribution in [-0.4, -0.2) is 51.5 Å². The highest BCUT2D eigenvalue weighted by Gasteiger charge is 2.30. The summed E-state index contributed by atoms with van der Waals surface area (Å²) in [7, 11) is 1.67. The average Bonchev–Trinajstić information content (AvgIpc) is 3.02. The normalized spacial score (nSPS) is 16.9. The summed E-state index contributed by atoms with van der Waals surface area (Å²) in [5.74, 6) is 2.16. The maximum Gasteiger partial charge on any atom is 0.345 e. The second kappa shape index (κ2) is 9.15. The van der Waals surface area contributed by atoms with E-state index in [4.69, 9.17) is 9.47 Å². The third-order valence-electron chi connectivity index (χ3n) is 5.13. The van der Waals surface area contributed by atoms with Crippen LogP contribution in [-0.2, 0) is 11.8 Å². The Morgan fingerprint density at radius 3 is 2.48 bits per heavy atom. The molecule has 0 N–H and O–H groups in total. The molecule has 8 nitrogen and oxygen atoms in total. The van der Waals surface area contributed by atoms with E-state index >= 15 is 0 Å². The Morgan fingerprint density at radius 2 is 1.86 bits per heavy atom. The quantitative estimate of drug-likeness (QED) is 0.710. The molecule has 1 unspecified atom stereocenters. The Balaban J connectivity index is 1.62. The van der Waals surface area contributed by atoms with Crippen LogP contribution < -0.4 is 15.2 Å². The van der Waals surface area contributed by atoms with E-state index in [0.29, 0.717) is 25.4 Å². The zero-order valence-electron chi connectivity index (χ0n) is 17.6. The number of rotatable bonds is 7. The number of ether oxygens (including phenoxy) is 2. The number of aromatic nitrogens is 3. The molecular formula is C21H30N4O4. The Hall–Kier alpha value is -2.77. The number of nitrogens with zero attached hydrogens (tertiary/aromatic N) is 4. The van der Waals surface area contributed by atoms with Gasteiger partial charge in [-0.1, -0.05) is 0 Å². The predicted molar refractivity (Wildman–Crippen MR) is 110 cm³/mol. The molecule has 2 aromatic rings. The third-order valence-corrected chi connectivity index (χ3v) is 5.13. The minimum Gasteiger partial charge on any atom is -0.494 e. The standard InChI is InChI=1S/C21H30N4O4/c1-5-28-17-8-10-18(11-9-17)29-14-19(26)24-12-6-7-16(13-24)20-22-23(4)21(27)25(20)15(2)3/h8-11,15-16H,5-7,12-14H2,1-4H3. The molecule has 8 heteroatoms. The maximum absolute atomic E-state index is 12.7. The number of carbonyl (C=O) groups is 1. The van der Waals surface area contributed by atoms with Crippen LogP contribution >= 0.6 is 0 Å². The molecule has 1 saturated heterocycles. The number of carbonyl (C=O) groups excluding carboxylic acids is 1.